The molecule has 3 rings (SSSR count). The molecular formula is C18H13O6-. The van der Waals surface area contributed by atoms with Gasteiger partial charge in [0.15, 0.2) is 5.43 Å². The van der Waals surface area contributed by atoms with Gasteiger partial charge < -0.3 is 24.2 Å². The van der Waals surface area contributed by atoms with Gasteiger partial charge >= 0.3 is 0 Å². The third-order valence-electron chi connectivity index (χ3n) is 3.49. The van der Waals surface area contributed by atoms with Crippen molar-refractivity contribution in [2.24, 2.45) is 0 Å². The fraction of sp³-hybridized carbons (Fsp3) is 0.111. The highest BCUT2D eigenvalue weighted by molar-refractivity contribution is 5.86. The van der Waals surface area contributed by atoms with Crippen molar-refractivity contribution in [3.63, 3.8) is 0 Å². The second-order valence-corrected chi connectivity index (χ2v) is 5.24. The van der Waals surface area contributed by atoms with Crippen LogP contribution < -0.4 is 15.3 Å². The summed E-state index contributed by atoms with van der Waals surface area (Å²) in [5.74, 6) is -1.35. The Balaban J connectivity index is 2.14. The summed E-state index contributed by atoms with van der Waals surface area (Å²) in [5.41, 5.74) is 0.388. The molecule has 24 heavy (non-hydrogen) atoms. The van der Waals surface area contributed by atoms with Gasteiger partial charge in [0.2, 0.25) is 0 Å². The molecule has 0 radical (unpaired) electrons. The van der Waals surface area contributed by atoms with Crippen LogP contribution in [0.1, 0.15) is 6.92 Å². The first-order valence-electron chi connectivity index (χ1n) is 7.19. The summed E-state index contributed by atoms with van der Waals surface area (Å²) >= 11 is 0. The molecule has 0 aliphatic rings. The van der Waals surface area contributed by atoms with E-state index < -0.39 is 17.5 Å². The van der Waals surface area contributed by atoms with E-state index in [1.54, 1.807) is 24.3 Å². The Morgan fingerprint density at radius 1 is 1.21 bits per heavy atom. The summed E-state index contributed by atoms with van der Waals surface area (Å²) in [7, 11) is 0. The Hall–Kier alpha value is -3.28. The van der Waals surface area contributed by atoms with Crippen LogP contribution in [0.3, 0.4) is 0 Å². The summed E-state index contributed by atoms with van der Waals surface area (Å²) < 4.78 is 10.9. The zero-order valence-electron chi connectivity index (χ0n) is 12.7. The normalized spacial score (nSPS) is 12.0. The van der Waals surface area contributed by atoms with E-state index in [2.05, 4.69) is 0 Å². The largest absolute Gasteiger partial charge is 0.546 e. The van der Waals surface area contributed by atoms with Crippen molar-refractivity contribution >= 4 is 16.9 Å². The number of carbonyl (C=O) groups excluding carboxylic acids is 1. The number of phenolic OH excluding ortho intramolecular Hbond substituents is 1. The monoisotopic (exact) mass is 325 g/mol. The smallest absolute Gasteiger partial charge is 0.197 e. The first kappa shape index (κ1) is 15.6. The van der Waals surface area contributed by atoms with Crippen LogP contribution in [0.5, 0.6) is 11.5 Å². The van der Waals surface area contributed by atoms with E-state index in [9.17, 15) is 19.8 Å². The number of carboxylic acid groups (broad SMARTS) is 1. The van der Waals surface area contributed by atoms with Gasteiger partial charge in [0, 0.05) is 23.8 Å². The number of hydrogen-bond acceptors (Lipinski definition) is 6. The molecule has 0 fully saturated rings. The quantitative estimate of drug-likeness (QED) is 0.783. The lowest BCUT2D eigenvalue weighted by atomic mass is 10.1. The molecule has 3 aromatic rings. The molecule has 0 aliphatic heterocycles. The zero-order valence-corrected chi connectivity index (χ0v) is 12.7. The Bertz CT molecular complexity index is 958. The molecule has 1 atom stereocenters. The van der Waals surface area contributed by atoms with E-state index in [0.717, 1.165) is 0 Å². The second-order valence-electron chi connectivity index (χ2n) is 5.24. The van der Waals surface area contributed by atoms with Crippen LogP contribution >= 0.6 is 0 Å². The zero-order chi connectivity index (χ0) is 17.3. The number of fused-ring (bicyclic) bond motifs is 1. The predicted molar refractivity (Wildman–Crippen MR) is 84.7 cm³/mol. The molecule has 6 nitrogen and oxygen atoms in total. The van der Waals surface area contributed by atoms with E-state index >= 15 is 0 Å². The molecule has 1 aromatic heterocycles. The summed E-state index contributed by atoms with van der Waals surface area (Å²) in [5, 5.41) is 20.8. The Labute approximate surface area is 136 Å². The number of aliphatic carboxylic acids is 1. The van der Waals surface area contributed by atoms with Gasteiger partial charge in [-0.05, 0) is 6.92 Å². The molecule has 0 amide bonds. The lowest BCUT2D eigenvalue weighted by Crippen LogP contribution is -2.37. The second kappa shape index (κ2) is 6.08. The molecule has 1 heterocycles. The summed E-state index contributed by atoms with van der Waals surface area (Å²) in [6.45, 7) is 1.30. The minimum absolute atomic E-state index is 0.00290. The Morgan fingerprint density at radius 2 is 1.92 bits per heavy atom. The Morgan fingerprint density at radius 3 is 2.58 bits per heavy atom. The van der Waals surface area contributed by atoms with E-state index in [0.29, 0.717) is 11.3 Å². The maximum atomic E-state index is 12.3. The molecule has 0 spiro atoms. The fourth-order valence-corrected chi connectivity index (χ4v) is 2.31. The van der Waals surface area contributed by atoms with Crippen molar-refractivity contribution in [2.75, 3.05) is 0 Å². The van der Waals surface area contributed by atoms with E-state index in [1.807, 2.05) is 6.07 Å². The summed E-state index contributed by atoms with van der Waals surface area (Å²) in [4.78, 5) is 23.0. The van der Waals surface area contributed by atoms with Crippen molar-refractivity contribution in [1.82, 2.24) is 0 Å². The maximum absolute atomic E-state index is 12.3. The van der Waals surface area contributed by atoms with Crippen LogP contribution in [0.2, 0.25) is 0 Å². The lowest BCUT2D eigenvalue weighted by molar-refractivity contribution is -0.312. The fourth-order valence-electron chi connectivity index (χ4n) is 2.31. The minimum Gasteiger partial charge on any atom is -0.546 e. The molecule has 2 aromatic carbocycles. The molecule has 0 saturated carbocycles. The summed E-state index contributed by atoms with van der Waals surface area (Å²) in [6, 6.07) is 12.8. The van der Waals surface area contributed by atoms with Crippen molar-refractivity contribution in [3.8, 4) is 22.8 Å². The van der Waals surface area contributed by atoms with Crippen LogP contribution in [0, 0.1) is 0 Å². The van der Waals surface area contributed by atoms with Crippen molar-refractivity contribution < 1.29 is 24.2 Å². The van der Waals surface area contributed by atoms with Gasteiger partial charge in [-0.2, -0.15) is 0 Å². The molecule has 0 bridgehead atoms. The molecule has 6 heteroatoms. The number of rotatable bonds is 4. The van der Waals surface area contributed by atoms with E-state index in [4.69, 9.17) is 9.15 Å². The first-order valence-corrected chi connectivity index (χ1v) is 7.19. The molecule has 0 saturated heterocycles. The average Bonchev–Trinajstić information content (AvgIpc) is 2.54. The van der Waals surface area contributed by atoms with Gasteiger partial charge in [-0.15, -0.1) is 0 Å². The van der Waals surface area contributed by atoms with Gasteiger partial charge in [-0.3, -0.25) is 4.79 Å². The molecule has 1 N–H and O–H groups in total. The average molecular weight is 325 g/mol. The standard InChI is InChI=1S/C18H14O6/c1-10(18(21)22)23-12-7-13(19)17-14(20)9-15(24-16(17)8-12)11-5-3-2-4-6-11/h2-10,19H,1H3,(H,21,22)/p-1/t10-/m1/s1. The Kier molecular flexibility index (Phi) is 3.95. The van der Waals surface area contributed by atoms with Gasteiger partial charge in [-0.1, -0.05) is 30.3 Å². The third-order valence-corrected chi connectivity index (χ3v) is 3.49. The predicted octanol–water partition coefficient (Wildman–Crippen LogP) is 1.68. The van der Waals surface area contributed by atoms with Crippen LogP contribution in [0.25, 0.3) is 22.3 Å². The molecule has 0 aliphatic carbocycles. The summed E-state index contributed by atoms with van der Waals surface area (Å²) in [6.07, 6.45) is -1.22. The van der Waals surface area contributed by atoms with E-state index in [1.165, 1.54) is 25.1 Å². The SMILES string of the molecule is C[C@@H](Oc1cc(O)c2c(=O)cc(-c3ccccc3)oc2c1)C(=O)[O-]. The number of phenols is 1. The van der Waals surface area contributed by atoms with Gasteiger partial charge in [0.25, 0.3) is 0 Å². The topological polar surface area (TPSA) is 99.8 Å². The minimum atomic E-state index is -1.39. The van der Waals surface area contributed by atoms with Crippen molar-refractivity contribution in [3.05, 3.63) is 58.8 Å². The lowest BCUT2D eigenvalue weighted by Gasteiger charge is -2.16. The van der Waals surface area contributed by atoms with Gasteiger partial charge in [0.05, 0.1) is 5.97 Å². The van der Waals surface area contributed by atoms with Crippen LogP contribution in [0.15, 0.2) is 57.7 Å². The van der Waals surface area contributed by atoms with E-state index in [-0.39, 0.29) is 22.5 Å². The number of aromatic hydroxyl groups is 1. The number of carbonyl (C=O) groups is 1. The number of carboxylic acids is 1. The first-order chi connectivity index (χ1) is 11.5. The number of ether oxygens (including phenoxy) is 1. The molecular weight excluding hydrogens is 312 g/mol. The highest BCUT2D eigenvalue weighted by Gasteiger charge is 2.14. The van der Waals surface area contributed by atoms with Crippen molar-refractivity contribution in [1.29, 1.82) is 0 Å². The van der Waals surface area contributed by atoms with Crippen LogP contribution in [-0.4, -0.2) is 17.2 Å². The highest BCUT2D eigenvalue weighted by atomic mass is 16.5. The highest BCUT2D eigenvalue weighted by Crippen LogP contribution is 2.31. The van der Waals surface area contributed by atoms with Gasteiger partial charge in [-0.25, -0.2) is 0 Å². The number of hydrogen-bond donors (Lipinski definition) is 1. The molecule has 122 valence electrons. The molecule has 0 unspecified atom stereocenters. The van der Waals surface area contributed by atoms with Crippen LogP contribution in [-0.2, 0) is 4.79 Å². The van der Waals surface area contributed by atoms with Crippen LogP contribution in [0.4, 0.5) is 0 Å². The number of benzene rings is 2. The third kappa shape index (κ3) is 2.94. The maximum Gasteiger partial charge on any atom is 0.197 e. The van der Waals surface area contributed by atoms with Crippen molar-refractivity contribution in [2.45, 2.75) is 13.0 Å². The van der Waals surface area contributed by atoms with Gasteiger partial charge in [0.1, 0.15) is 34.3 Å².